The summed E-state index contributed by atoms with van der Waals surface area (Å²) in [5.41, 5.74) is 0.560. The topological polar surface area (TPSA) is 79.8 Å². The number of anilines is 3. The molecule has 0 radical (unpaired) electrons. The van der Waals surface area contributed by atoms with E-state index >= 15 is 0 Å². The van der Waals surface area contributed by atoms with E-state index in [0.717, 1.165) is 12.1 Å². The molecule has 1 amide bonds. The molecule has 6 nitrogen and oxygen atoms in total. The van der Waals surface area contributed by atoms with E-state index < -0.39 is 23.5 Å². The number of hydrogen-bond donors (Lipinski definition) is 2. The maximum Gasteiger partial charge on any atom is 0.417 e. The molecule has 0 aliphatic rings. The first-order valence-electron chi connectivity index (χ1n) is 9.57. The summed E-state index contributed by atoms with van der Waals surface area (Å²) >= 11 is 0. The predicted octanol–water partition coefficient (Wildman–Crippen LogP) is 5.69. The second kappa shape index (κ2) is 9.03. The van der Waals surface area contributed by atoms with Gasteiger partial charge in [0.1, 0.15) is 17.5 Å². The largest absolute Gasteiger partial charge is 0.417 e. The lowest BCUT2D eigenvalue weighted by atomic mass is 10.1. The average Bonchev–Trinajstić information content (AvgIpc) is 2.79. The molecule has 0 saturated carbocycles. The Hall–Kier alpha value is -4.34. The molecule has 1 aromatic carbocycles. The molecule has 33 heavy (non-hydrogen) atoms. The van der Waals surface area contributed by atoms with E-state index in [4.69, 9.17) is 0 Å². The van der Waals surface area contributed by atoms with Crippen molar-refractivity contribution in [3.05, 3.63) is 96.3 Å². The smallest absolute Gasteiger partial charge is 0.325 e. The Kier molecular flexibility index (Phi) is 5.99. The normalized spacial score (nSPS) is 11.2. The monoisotopic (exact) mass is 453 g/mol. The van der Waals surface area contributed by atoms with Crippen LogP contribution in [0.3, 0.4) is 0 Å². The van der Waals surface area contributed by atoms with Crippen LogP contribution in [0, 0.1) is 5.82 Å². The highest BCUT2D eigenvalue weighted by molar-refractivity contribution is 6.04. The van der Waals surface area contributed by atoms with Crippen LogP contribution in [-0.2, 0) is 6.18 Å². The second-order valence-corrected chi connectivity index (χ2v) is 6.88. The van der Waals surface area contributed by atoms with Crippen LogP contribution in [0.15, 0.2) is 79.4 Å². The molecule has 0 saturated heterocycles. The fraction of sp³-hybridized carbons (Fsp3) is 0.0435. The summed E-state index contributed by atoms with van der Waals surface area (Å²) in [6, 6.07) is 12.7. The minimum Gasteiger partial charge on any atom is -0.325 e. The standard InChI is InChI=1S/C23H15F4N5O/c24-19-4-2-1-3-18(19)15-9-17(13-28-11-15)31-22(33)14-7-8-29-21(10-14)32-20-6-5-16(12-30-20)23(25,26)27/h1-13H,(H,31,33)(H,29,30,32). The number of carbonyl (C=O) groups is 1. The molecule has 10 heteroatoms. The van der Waals surface area contributed by atoms with E-state index in [2.05, 4.69) is 25.6 Å². The van der Waals surface area contributed by atoms with Crippen LogP contribution in [0.4, 0.5) is 34.9 Å². The van der Waals surface area contributed by atoms with Gasteiger partial charge >= 0.3 is 6.18 Å². The molecule has 0 aliphatic carbocycles. The molecule has 4 rings (SSSR count). The highest BCUT2D eigenvalue weighted by Gasteiger charge is 2.30. The minimum atomic E-state index is -4.49. The molecule has 0 bridgehead atoms. The highest BCUT2D eigenvalue weighted by atomic mass is 19.4. The molecule has 0 fully saturated rings. The molecule has 3 aromatic heterocycles. The van der Waals surface area contributed by atoms with Gasteiger partial charge < -0.3 is 10.6 Å². The maximum atomic E-state index is 14.0. The van der Waals surface area contributed by atoms with Crippen LogP contribution in [0.1, 0.15) is 15.9 Å². The molecule has 3 heterocycles. The van der Waals surface area contributed by atoms with Crippen molar-refractivity contribution in [1.29, 1.82) is 0 Å². The van der Waals surface area contributed by atoms with Crippen LogP contribution < -0.4 is 10.6 Å². The first kappa shape index (κ1) is 21.9. The van der Waals surface area contributed by atoms with Crippen molar-refractivity contribution in [2.75, 3.05) is 10.6 Å². The van der Waals surface area contributed by atoms with Gasteiger partial charge in [0.05, 0.1) is 17.4 Å². The Bertz CT molecular complexity index is 1290. The van der Waals surface area contributed by atoms with Gasteiger partial charge in [0.15, 0.2) is 0 Å². The van der Waals surface area contributed by atoms with Gasteiger partial charge in [-0.3, -0.25) is 9.78 Å². The van der Waals surface area contributed by atoms with Crippen LogP contribution in [-0.4, -0.2) is 20.9 Å². The lowest BCUT2D eigenvalue weighted by Crippen LogP contribution is -2.13. The van der Waals surface area contributed by atoms with Crippen molar-refractivity contribution < 1.29 is 22.4 Å². The predicted molar refractivity (Wildman–Crippen MR) is 114 cm³/mol. The van der Waals surface area contributed by atoms with Gasteiger partial charge in [0.2, 0.25) is 0 Å². The molecule has 0 aliphatic heterocycles. The zero-order valence-corrected chi connectivity index (χ0v) is 16.8. The van der Waals surface area contributed by atoms with Gasteiger partial charge in [0.25, 0.3) is 5.91 Å². The summed E-state index contributed by atoms with van der Waals surface area (Å²) in [5.74, 6) is -0.541. The number of carbonyl (C=O) groups excluding carboxylic acids is 1. The zero-order chi connectivity index (χ0) is 23.4. The first-order valence-corrected chi connectivity index (χ1v) is 9.57. The fourth-order valence-electron chi connectivity index (χ4n) is 2.96. The third kappa shape index (κ3) is 5.29. The SMILES string of the molecule is O=C(Nc1cncc(-c2ccccc2F)c1)c1ccnc(Nc2ccc(C(F)(F)F)cn2)c1. The number of pyridine rings is 3. The van der Waals surface area contributed by atoms with Crippen molar-refractivity contribution in [1.82, 2.24) is 15.0 Å². The maximum absolute atomic E-state index is 14.0. The molecular formula is C23H15F4N5O. The van der Waals surface area contributed by atoms with Crippen LogP contribution in [0.5, 0.6) is 0 Å². The Morgan fingerprint density at radius 3 is 2.42 bits per heavy atom. The molecule has 0 spiro atoms. The molecule has 0 atom stereocenters. The van der Waals surface area contributed by atoms with Crippen molar-refractivity contribution in [2.24, 2.45) is 0 Å². The van der Waals surface area contributed by atoms with Crippen LogP contribution >= 0.6 is 0 Å². The lowest BCUT2D eigenvalue weighted by molar-refractivity contribution is -0.137. The minimum absolute atomic E-state index is 0.134. The number of nitrogens with zero attached hydrogens (tertiary/aromatic N) is 3. The van der Waals surface area contributed by atoms with Crippen molar-refractivity contribution in [2.45, 2.75) is 6.18 Å². The Balaban J connectivity index is 1.48. The third-order valence-corrected chi connectivity index (χ3v) is 4.55. The number of benzene rings is 1. The van der Waals surface area contributed by atoms with E-state index in [1.54, 1.807) is 24.3 Å². The number of nitrogens with one attached hydrogen (secondary N) is 2. The number of halogens is 4. The summed E-state index contributed by atoms with van der Waals surface area (Å²) in [5, 5.41) is 5.44. The number of hydrogen-bond acceptors (Lipinski definition) is 5. The summed E-state index contributed by atoms with van der Waals surface area (Å²) < 4.78 is 52.1. The van der Waals surface area contributed by atoms with Gasteiger partial charge in [-0.15, -0.1) is 0 Å². The number of aromatic nitrogens is 3. The molecule has 166 valence electrons. The molecule has 4 aromatic rings. The Labute approximate surface area is 185 Å². The summed E-state index contributed by atoms with van der Waals surface area (Å²) in [4.78, 5) is 24.5. The summed E-state index contributed by atoms with van der Waals surface area (Å²) in [7, 11) is 0. The Morgan fingerprint density at radius 1 is 0.879 bits per heavy atom. The van der Waals surface area contributed by atoms with Gasteiger partial charge in [-0.05, 0) is 36.4 Å². The number of rotatable bonds is 5. The van der Waals surface area contributed by atoms with Gasteiger partial charge in [-0.1, -0.05) is 18.2 Å². The number of amides is 1. The fourth-order valence-corrected chi connectivity index (χ4v) is 2.96. The van der Waals surface area contributed by atoms with E-state index in [1.165, 1.54) is 36.8 Å². The summed E-state index contributed by atoms with van der Waals surface area (Å²) in [6.07, 6.45) is 0.498. The van der Waals surface area contributed by atoms with E-state index in [1.807, 2.05) is 0 Å². The molecule has 2 N–H and O–H groups in total. The third-order valence-electron chi connectivity index (χ3n) is 4.55. The van der Waals surface area contributed by atoms with Crippen molar-refractivity contribution >= 4 is 23.2 Å². The molecule has 0 unspecified atom stereocenters. The summed E-state index contributed by atoms with van der Waals surface area (Å²) in [6.45, 7) is 0. The van der Waals surface area contributed by atoms with Gasteiger partial charge in [-0.2, -0.15) is 13.2 Å². The second-order valence-electron chi connectivity index (χ2n) is 6.88. The van der Waals surface area contributed by atoms with Crippen molar-refractivity contribution in [3.8, 4) is 11.1 Å². The number of alkyl halides is 3. The van der Waals surface area contributed by atoms with Crippen LogP contribution in [0.25, 0.3) is 11.1 Å². The Morgan fingerprint density at radius 2 is 1.70 bits per heavy atom. The quantitative estimate of drug-likeness (QED) is 0.380. The van der Waals surface area contributed by atoms with Crippen molar-refractivity contribution in [3.63, 3.8) is 0 Å². The van der Waals surface area contributed by atoms with E-state index in [-0.39, 0.29) is 17.2 Å². The van der Waals surface area contributed by atoms with E-state index in [9.17, 15) is 22.4 Å². The highest BCUT2D eigenvalue weighted by Crippen LogP contribution is 2.29. The van der Waals surface area contributed by atoms with Gasteiger partial charge in [-0.25, -0.2) is 14.4 Å². The lowest BCUT2D eigenvalue weighted by Gasteiger charge is -2.10. The zero-order valence-electron chi connectivity index (χ0n) is 16.8. The van der Waals surface area contributed by atoms with E-state index in [0.29, 0.717) is 23.0 Å². The van der Waals surface area contributed by atoms with Gasteiger partial charge in [0, 0.05) is 35.3 Å². The first-order chi connectivity index (χ1) is 15.8. The average molecular weight is 453 g/mol. The molecular weight excluding hydrogens is 438 g/mol. The van der Waals surface area contributed by atoms with Crippen LogP contribution in [0.2, 0.25) is 0 Å².